The molecule has 0 radical (unpaired) electrons. The molecule has 0 aliphatic heterocycles. The van der Waals surface area contributed by atoms with Crippen LogP contribution in [0.25, 0.3) is 0 Å². The van der Waals surface area contributed by atoms with E-state index in [0.717, 1.165) is 19.5 Å². The van der Waals surface area contributed by atoms with E-state index in [1.54, 1.807) is 6.20 Å². The first-order valence-electron chi connectivity index (χ1n) is 7.73. The van der Waals surface area contributed by atoms with Gasteiger partial charge in [0.2, 0.25) is 0 Å². The maximum atomic E-state index is 9.91. The molecule has 3 atom stereocenters. The van der Waals surface area contributed by atoms with Crippen LogP contribution in [0, 0.1) is 5.92 Å². The van der Waals surface area contributed by atoms with Gasteiger partial charge in [0.1, 0.15) is 0 Å². The van der Waals surface area contributed by atoms with Crippen molar-refractivity contribution in [3.8, 4) is 0 Å². The molecule has 5 heteroatoms. The van der Waals surface area contributed by atoms with E-state index in [0.29, 0.717) is 25.2 Å². The summed E-state index contributed by atoms with van der Waals surface area (Å²) in [6.45, 7) is 4.88. The van der Waals surface area contributed by atoms with Crippen LogP contribution < -0.4 is 5.32 Å². The Morgan fingerprint density at radius 1 is 1.45 bits per heavy atom. The zero-order valence-electron chi connectivity index (χ0n) is 12.4. The largest absolute Gasteiger partial charge is 0.389 e. The highest BCUT2D eigenvalue weighted by molar-refractivity contribution is 4.78. The normalized spacial score (nSPS) is 24.7. The quantitative estimate of drug-likeness (QED) is 0.708. The first-order valence-corrected chi connectivity index (χ1v) is 7.73. The van der Waals surface area contributed by atoms with Crippen LogP contribution in [0.4, 0.5) is 0 Å². The van der Waals surface area contributed by atoms with Crippen molar-refractivity contribution in [3.63, 3.8) is 0 Å². The topological polar surface area (TPSA) is 59.3 Å². The van der Waals surface area contributed by atoms with Crippen LogP contribution in [0.15, 0.2) is 18.5 Å². The van der Waals surface area contributed by atoms with Gasteiger partial charge in [-0.15, -0.1) is 0 Å². The van der Waals surface area contributed by atoms with Gasteiger partial charge in [-0.2, -0.15) is 5.10 Å². The van der Waals surface area contributed by atoms with E-state index in [9.17, 15) is 5.11 Å². The lowest BCUT2D eigenvalue weighted by Gasteiger charge is -2.29. The first-order chi connectivity index (χ1) is 9.75. The van der Waals surface area contributed by atoms with Crippen molar-refractivity contribution in [3.05, 3.63) is 18.5 Å². The zero-order chi connectivity index (χ0) is 14.2. The molecule has 0 aromatic carbocycles. The Labute approximate surface area is 121 Å². The van der Waals surface area contributed by atoms with Gasteiger partial charge < -0.3 is 15.2 Å². The minimum Gasteiger partial charge on any atom is -0.389 e. The fourth-order valence-corrected chi connectivity index (χ4v) is 2.72. The van der Waals surface area contributed by atoms with Crippen LogP contribution in [0.5, 0.6) is 0 Å². The third-order valence-electron chi connectivity index (χ3n) is 3.99. The second kappa shape index (κ2) is 8.39. The summed E-state index contributed by atoms with van der Waals surface area (Å²) >= 11 is 0. The molecule has 0 saturated heterocycles. The number of aromatic nitrogens is 2. The van der Waals surface area contributed by atoms with Gasteiger partial charge in [0.15, 0.2) is 0 Å². The number of ether oxygens (including phenoxy) is 1. The lowest BCUT2D eigenvalue weighted by molar-refractivity contribution is -0.0451. The Balaban J connectivity index is 1.52. The molecule has 0 amide bonds. The molecule has 1 aromatic heterocycles. The predicted octanol–water partition coefficient (Wildman–Crippen LogP) is 1.43. The number of hydrogen-bond donors (Lipinski definition) is 2. The van der Waals surface area contributed by atoms with Crippen LogP contribution in [0.2, 0.25) is 0 Å². The van der Waals surface area contributed by atoms with Gasteiger partial charge in [0.05, 0.1) is 25.4 Å². The molecule has 0 spiro atoms. The standard InChI is InChI=1S/C15H27N3O2/c1-13-5-2-3-6-15(13)20-12-14(19)11-16-8-10-18-9-4-7-17-18/h4,7,9,13-16,19H,2-3,5-6,8,10-12H2,1H3. The van der Waals surface area contributed by atoms with Gasteiger partial charge >= 0.3 is 0 Å². The van der Waals surface area contributed by atoms with Crippen molar-refractivity contribution in [2.24, 2.45) is 5.92 Å². The highest BCUT2D eigenvalue weighted by Crippen LogP contribution is 2.26. The van der Waals surface area contributed by atoms with E-state index >= 15 is 0 Å². The zero-order valence-corrected chi connectivity index (χ0v) is 12.4. The van der Waals surface area contributed by atoms with Gasteiger partial charge in [0.25, 0.3) is 0 Å². The van der Waals surface area contributed by atoms with Gasteiger partial charge in [0, 0.05) is 25.5 Å². The van der Waals surface area contributed by atoms with E-state index in [2.05, 4.69) is 17.3 Å². The van der Waals surface area contributed by atoms with E-state index in [1.165, 1.54) is 19.3 Å². The highest BCUT2D eigenvalue weighted by Gasteiger charge is 2.22. The second-order valence-corrected chi connectivity index (χ2v) is 5.76. The molecule has 1 fully saturated rings. The number of hydrogen-bond acceptors (Lipinski definition) is 4. The Kier molecular flexibility index (Phi) is 6.50. The van der Waals surface area contributed by atoms with Crippen LogP contribution in [0.3, 0.4) is 0 Å². The predicted molar refractivity (Wildman–Crippen MR) is 78.5 cm³/mol. The molecule has 114 valence electrons. The molecule has 2 N–H and O–H groups in total. The highest BCUT2D eigenvalue weighted by atomic mass is 16.5. The summed E-state index contributed by atoms with van der Waals surface area (Å²) in [7, 11) is 0. The molecular formula is C15H27N3O2. The molecule has 2 rings (SSSR count). The van der Waals surface area contributed by atoms with E-state index in [-0.39, 0.29) is 0 Å². The maximum Gasteiger partial charge on any atom is 0.0897 e. The van der Waals surface area contributed by atoms with Crippen molar-refractivity contribution in [1.82, 2.24) is 15.1 Å². The summed E-state index contributed by atoms with van der Waals surface area (Å²) in [5.41, 5.74) is 0. The first kappa shape index (κ1) is 15.5. The third kappa shape index (κ3) is 5.23. The van der Waals surface area contributed by atoms with Crippen molar-refractivity contribution in [1.29, 1.82) is 0 Å². The smallest absolute Gasteiger partial charge is 0.0897 e. The monoisotopic (exact) mass is 281 g/mol. The number of aliphatic hydroxyl groups is 1. The minimum absolute atomic E-state index is 0.336. The van der Waals surface area contributed by atoms with Crippen LogP contribution in [-0.2, 0) is 11.3 Å². The van der Waals surface area contributed by atoms with E-state index in [1.807, 2.05) is 16.9 Å². The average Bonchev–Trinajstić information content (AvgIpc) is 2.96. The number of nitrogens with one attached hydrogen (secondary N) is 1. The summed E-state index contributed by atoms with van der Waals surface area (Å²) in [6, 6.07) is 1.91. The fourth-order valence-electron chi connectivity index (χ4n) is 2.72. The molecule has 1 heterocycles. The molecule has 1 aromatic rings. The van der Waals surface area contributed by atoms with Crippen molar-refractivity contribution in [2.45, 2.75) is 51.4 Å². The number of aliphatic hydroxyl groups excluding tert-OH is 1. The molecule has 3 unspecified atom stereocenters. The van der Waals surface area contributed by atoms with Gasteiger partial charge in [-0.25, -0.2) is 0 Å². The lowest BCUT2D eigenvalue weighted by Crippen LogP contribution is -2.35. The van der Waals surface area contributed by atoms with Crippen molar-refractivity contribution < 1.29 is 9.84 Å². The molecule has 1 aliphatic carbocycles. The molecule has 0 bridgehead atoms. The molecule has 20 heavy (non-hydrogen) atoms. The number of rotatable bonds is 8. The van der Waals surface area contributed by atoms with Crippen LogP contribution in [0.1, 0.15) is 32.6 Å². The molecule has 5 nitrogen and oxygen atoms in total. The fraction of sp³-hybridized carbons (Fsp3) is 0.800. The minimum atomic E-state index is -0.429. The SMILES string of the molecule is CC1CCCCC1OCC(O)CNCCn1cccn1. The van der Waals surface area contributed by atoms with Crippen molar-refractivity contribution in [2.75, 3.05) is 19.7 Å². The van der Waals surface area contributed by atoms with Gasteiger partial charge in [-0.1, -0.05) is 19.8 Å². The Morgan fingerprint density at radius 2 is 2.30 bits per heavy atom. The Morgan fingerprint density at radius 3 is 3.05 bits per heavy atom. The van der Waals surface area contributed by atoms with E-state index in [4.69, 9.17) is 4.74 Å². The molecular weight excluding hydrogens is 254 g/mol. The van der Waals surface area contributed by atoms with E-state index < -0.39 is 6.10 Å². The second-order valence-electron chi connectivity index (χ2n) is 5.76. The third-order valence-corrected chi connectivity index (χ3v) is 3.99. The Hall–Kier alpha value is -0.910. The summed E-state index contributed by atoms with van der Waals surface area (Å²) in [5, 5.41) is 17.3. The molecule has 1 saturated carbocycles. The van der Waals surface area contributed by atoms with Gasteiger partial charge in [-0.3, -0.25) is 4.68 Å². The summed E-state index contributed by atoms with van der Waals surface area (Å²) < 4.78 is 7.73. The lowest BCUT2D eigenvalue weighted by atomic mass is 9.88. The maximum absolute atomic E-state index is 9.91. The summed E-state index contributed by atoms with van der Waals surface area (Å²) in [6.07, 6.45) is 8.58. The van der Waals surface area contributed by atoms with Crippen molar-refractivity contribution >= 4 is 0 Å². The summed E-state index contributed by atoms with van der Waals surface area (Å²) in [4.78, 5) is 0. The molecule has 1 aliphatic rings. The number of nitrogens with zero attached hydrogens (tertiary/aromatic N) is 2. The average molecular weight is 281 g/mol. The summed E-state index contributed by atoms with van der Waals surface area (Å²) in [5.74, 6) is 0.628. The Bertz CT molecular complexity index is 356. The van der Waals surface area contributed by atoms with Crippen LogP contribution >= 0.6 is 0 Å². The van der Waals surface area contributed by atoms with Crippen LogP contribution in [-0.4, -0.2) is 46.8 Å². The van der Waals surface area contributed by atoms with Gasteiger partial charge in [-0.05, 0) is 24.8 Å².